The first-order valence-corrected chi connectivity index (χ1v) is 27.9. The van der Waals surface area contributed by atoms with Gasteiger partial charge in [0.1, 0.15) is 25.4 Å². The summed E-state index contributed by atoms with van der Waals surface area (Å²) in [6.45, 7) is 13.0. The monoisotopic (exact) mass is 1140 g/mol. The maximum atomic E-state index is 13.2. The summed E-state index contributed by atoms with van der Waals surface area (Å²) in [6, 6.07) is 5.02. The third-order valence-corrected chi connectivity index (χ3v) is 11.1. The molecular weight excluding hydrogens is 1060 g/mol. The summed E-state index contributed by atoms with van der Waals surface area (Å²) in [6.07, 6.45) is 5.10. The van der Waals surface area contributed by atoms with Crippen LogP contribution >= 0.6 is 0 Å². The molecule has 7 N–H and O–H groups in total. The molecule has 0 fully saturated rings. The predicted molar refractivity (Wildman–Crippen MR) is 287 cm³/mol. The van der Waals surface area contributed by atoms with Crippen molar-refractivity contribution in [3.05, 3.63) is 47.8 Å². The number of carbonyl (C=O) groups is 6. The van der Waals surface area contributed by atoms with Crippen LogP contribution in [0.5, 0.6) is 0 Å². The normalized spacial score (nSPS) is 12.1. The highest BCUT2D eigenvalue weighted by molar-refractivity contribution is 7.90. The molecule has 1 heterocycles. The molecule has 0 aliphatic carbocycles. The van der Waals surface area contributed by atoms with Crippen molar-refractivity contribution in [1.82, 2.24) is 31.2 Å². The minimum Gasteiger partial charge on any atom is -0.457 e. The van der Waals surface area contributed by atoms with E-state index >= 15 is 0 Å². The lowest BCUT2D eigenvalue weighted by Gasteiger charge is -2.21. The molecule has 6 amide bonds. The Morgan fingerprint density at radius 2 is 1.09 bits per heavy atom. The van der Waals surface area contributed by atoms with Crippen molar-refractivity contribution in [3.63, 3.8) is 0 Å². The number of esters is 1. The highest BCUT2D eigenvalue weighted by Gasteiger charge is 2.26. The van der Waals surface area contributed by atoms with E-state index in [0.717, 1.165) is 11.8 Å². The van der Waals surface area contributed by atoms with Gasteiger partial charge in [-0.3, -0.25) is 24.0 Å². The molecule has 1 unspecified atom stereocenters. The van der Waals surface area contributed by atoms with Gasteiger partial charge in [-0.25, -0.2) is 23.2 Å². The van der Waals surface area contributed by atoms with Gasteiger partial charge in [-0.05, 0) is 64.7 Å². The number of hydrogen-bond donors (Lipinski definition) is 6. The van der Waals surface area contributed by atoms with Crippen LogP contribution in [0.4, 0.5) is 10.5 Å². The minimum atomic E-state index is -3.46. The number of sulfone groups is 1. The molecule has 0 saturated carbocycles. The average Bonchev–Trinajstić information content (AvgIpc) is 3.39. The molecule has 0 aliphatic rings. The number of anilines is 1. The molecule has 0 saturated heterocycles. The van der Waals surface area contributed by atoms with Gasteiger partial charge in [0.2, 0.25) is 38.6 Å². The first-order valence-electron chi connectivity index (χ1n) is 26.0. The molecule has 2 aromatic rings. The number of primary amides is 1. The lowest BCUT2D eigenvalue weighted by atomic mass is 9.97. The summed E-state index contributed by atoms with van der Waals surface area (Å²) >= 11 is 0. The number of benzene rings is 1. The number of urea groups is 1. The second kappa shape index (κ2) is 42.0. The summed E-state index contributed by atoms with van der Waals surface area (Å²) in [4.78, 5) is 81.0. The Kier molecular flexibility index (Phi) is 36.8. The van der Waals surface area contributed by atoms with E-state index in [0.29, 0.717) is 143 Å². The van der Waals surface area contributed by atoms with Crippen molar-refractivity contribution in [3.8, 4) is 11.8 Å². The number of ether oxygens (including phenoxy) is 10. The largest absolute Gasteiger partial charge is 0.457 e. The zero-order valence-corrected chi connectivity index (χ0v) is 47.0. The minimum absolute atomic E-state index is 0.0972. The van der Waals surface area contributed by atoms with Crippen LogP contribution in [0.25, 0.3) is 0 Å². The van der Waals surface area contributed by atoms with Crippen LogP contribution in [-0.2, 0) is 81.2 Å². The van der Waals surface area contributed by atoms with Gasteiger partial charge in [-0.2, -0.15) is 0 Å². The number of aromatic nitrogens is 2. The van der Waals surface area contributed by atoms with E-state index in [2.05, 4.69) is 48.4 Å². The van der Waals surface area contributed by atoms with E-state index in [1.165, 1.54) is 12.4 Å². The number of nitrogens with one attached hydrogen (secondary N) is 5. The number of nitrogens with two attached hydrogens (primary N) is 1. The summed E-state index contributed by atoms with van der Waals surface area (Å²) in [5, 5.41) is 13.0. The predicted octanol–water partition coefficient (Wildman–Crippen LogP) is 1.01. The number of rotatable bonds is 44. The molecule has 1 aromatic carbocycles. The second-order valence-electron chi connectivity index (χ2n) is 18.2. The molecule has 0 radical (unpaired) electrons. The quantitative estimate of drug-likeness (QED) is 0.0233. The van der Waals surface area contributed by atoms with Crippen molar-refractivity contribution in [2.75, 3.05) is 150 Å². The Balaban J connectivity index is 1.35. The van der Waals surface area contributed by atoms with Crippen LogP contribution in [-0.4, -0.2) is 205 Å². The van der Waals surface area contributed by atoms with Gasteiger partial charge >= 0.3 is 12.0 Å². The molecule has 1 aromatic heterocycles. The van der Waals surface area contributed by atoms with E-state index in [4.69, 9.17) is 53.1 Å². The Morgan fingerprint density at radius 1 is 0.620 bits per heavy atom. The van der Waals surface area contributed by atoms with Crippen LogP contribution in [0.15, 0.2) is 41.8 Å². The van der Waals surface area contributed by atoms with Crippen LogP contribution in [0.1, 0.15) is 77.0 Å². The van der Waals surface area contributed by atoms with E-state index in [1.807, 2.05) is 0 Å². The molecule has 27 heteroatoms. The van der Waals surface area contributed by atoms with Crippen LogP contribution in [0.2, 0.25) is 0 Å². The lowest BCUT2D eigenvalue weighted by molar-refractivity contribution is -0.158. The highest BCUT2D eigenvalue weighted by atomic mass is 32.2. The van der Waals surface area contributed by atoms with Gasteiger partial charge in [0.05, 0.1) is 117 Å². The van der Waals surface area contributed by atoms with Crippen LogP contribution in [0.3, 0.4) is 0 Å². The fraction of sp³-hybridized carbons (Fsp3) is 0.654. The van der Waals surface area contributed by atoms with Gasteiger partial charge in [0.15, 0.2) is 0 Å². The molecule has 26 nitrogen and oxygen atoms in total. The molecule has 0 aliphatic heterocycles. The third-order valence-electron chi connectivity index (χ3n) is 10.3. The van der Waals surface area contributed by atoms with Gasteiger partial charge in [0, 0.05) is 56.8 Å². The molecule has 0 spiro atoms. The van der Waals surface area contributed by atoms with E-state index in [9.17, 15) is 37.2 Å². The Bertz CT molecular complexity index is 2240. The molecule has 0 bridgehead atoms. The van der Waals surface area contributed by atoms with Gasteiger partial charge in [-0.15, -0.1) is 0 Å². The standard InChI is InChI=1S/C52H82N8O18S/c1-40(78-49(65)52(2,3)4)42-13-15-43(16-14-42)59-48(64)44(11-9-17-56-50(53)66)60-47(63)39-77-38-46(62)55-19-21-70-23-25-72-27-29-74-31-33-76-35-34-75-32-30-73-28-26-71-24-22-69-20-18-54-45(61)12-8-6-7-10-41-36-57-51(58-37-41)79(5,67)68/h13-16,36-37,40,44H,6,8-9,11-12,17-35,38-39H2,1-5H3,(H,54,61)(H,55,62)(H,59,64)(H,60,63)(H3,53,56,66)/t40?,44-/m0/s1. The number of amides is 6. The fourth-order valence-corrected chi connectivity index (χ4v) is 6.60. The number of hydrogen-bond acceptors (Lipinski definition) is 20. The molecule has 2 atom stereocenters. The molecule has 2 rings (SSSR count). The van der Waals surface area contributed by atoms with Crippen molar-refractivity contribution >= 4 is 51.2 Å². The summed E-state index contributed by atoms with van der Waals surface area (Å²) in [5.74, 6) is 3.72. The van der Waals surface area contributed by atoms with Gasteiger partial charge in [-0.1, -0.05) is 24.0 Å². The summed E-state index contributed by atoms with van der Waals surface area (Å²) in [7, 11) is -3.46. The van der Waals surface area contributed by atoms with Gasteiger partial charge < -0.3 is 79.7 Å². The third kappa shape index (κ3) is 36.8. The molecule has 79 heavy (non-hydrogen) atoms. The number of carbonyl (C=O) groups excluding carboxylic acids is 6. The summed E-state index contributed by atoms with van der Waals surface area (Å²) in [5.41, 5.74) is 6.14. The SMILES string of the molecule is CC(OC(=O)C(C)(C)C)c1ccc(NC(=O)[C@H](CCCNC(N)=O)NC(=O)COCC(=O)NCCOCCOCCOCCOCCOCCOCCOCCOCCNC(=O)CCCC#Cc2cnc(S(C)(=O)=O)nc2)cc1. The Hall–Kier alpha value is -5.93. The van der Waals surface area contributed by atoms with Crippen molar-refractivity contribution in [2.45, 2.75) is 77.1 Å². The first-order chi connectivity index (χ1) is 37.8. The first kappa shape index (κ1) is 69.2. The van der Waals surface area contributed by atoms with Crippen molar-refractivity contribution in [1.29, 1.82) is 0 Å². The van der Waals surface area contributed by atoms with Crippen molar-refractivity contribution in [2.24, 2.45) is 11.1 Å². The fourth-order valence-electron chi connectivity index (χ4n) is 6.11. The zero-order valence-electron chi connectivity index (χ0n) is 46.2. The topological polar surface area (TPSA) is 341 Å². The number of unbranched alkanes of at least 4 members (excludes halogenated alkanes) is 1. The smallest absolute Gasteiger partial charge is 0.312 e. The second-order valence-corrected chi connectivity index (χ2v) is 20.1. The van der Waals surface area contributed by atoms with Crippen LogP contribution < -0.4 is 32.3 Å². The molecular formula is C52H82N8O18S. The van der Waals surface area contributed by atoms with E-state index in [-0.39, 0.29) is 43.2 Å². The zero-order chi connectivity index (χ0) is 58.0. The van der Waals surface area contributed by atoms with Crippen LogP contribution in [0, 0.1) is 17.3 Å². The Labute approximate surface area is 463 Å². The van der Waals surface area contributed by atoms with E-state index < -0.39 is 64.4 Å². The summed E-state index contributed by atoms with van der Waals surface area (Å²) < 4.78 is 77.5. The number of nitrogens with zero attached hydrogens (tertiary/aromatic N) is 2. The van der Waals surface area contributed by atoms with E-state index in [1.54, 1.807) is 52.0 Å². The molecule has 444 valence electrons. The van der Waals surface area contributed by atoms with Gasteiger partial charge in [0.25, 0.3) is 0 Å². The lowest BCUT2D eigenvalue weighted by Crippen LogP contribution is -2.46. The van der Waals surface area contributed by atoms with Crippen molar-refractivity contribution < 1.29 is 84.6 Å². The highest BCUT2D eigenvalue weighted by Crippen LogP contribution is 2.24. The maximum absolute atomic E-state index is 13.2. The average molecular weight is 1140 g/mol. The Morgan fingerprint density at radius 3 is 1.56 bits per heavy atom. The maximum Gasteiger partial charge on any atom is 0.312 e.